The average Bonchev–Trinajstić information content (AvgIpc) is 2.64. The molecule has 1 aromatic rings. The maximum atomic E-state index is 11.3. The van der Waals surface area contributed by atoms with Crippen molar-refractivity contribution in [3.05, 3.63) is 16.6 Å². The predicted octanol–water partition coefficient (Wildman–Crippen LogP) is 1.03. The standard InChI is InChI=1S/C9H14N2O2S/c1-7(12)3-2-4-10-9(13)8-5-14-6-11-8/h5-7,12H,2-4H2,1H3,(H,10,13). The predicted molar refractivity (Wildman–Crippen MR) is 55.4 cm³/mol. The summed E-state index contributed by atoms with van der Waals surface area (Å²) in [6.45, 7) is 2.32. The van der Waals surface area contributed by atoms with E-state index in [1.165, 1.54) is 11.3 Å². The number of hydrogen-bond acceptors (Lipinski definition) is 4. The highest BCUT2D eigenvalue weighted by Gasteiger charge is 2.05. The zero-order chi connectivity index (χ0) is 10.4. The van der Waals surface area contributed by atoms with Crippen molar-refractivity contribution in [3.63, 3.8) is 0 Å². The molecule has 1 amide bonds. The fourth-order valence-electron chi connectivity index (χ4n) is 1.01. The number of nitrogens with one attached hydrogen (secondary N) is 1. The minimum atomic E-state index is -0.300. The van der Waals surface area contributed by atoms with Gasteiger partial charge in [-0.15, -0.1) is 11.3 Å². The largest absolute Gasteiger partial charge is 0.393 e. The summed E-state index contributed by atoms with van der Waals surface area (Å²) < 4.78 is 0. The smallest absolute Gasteiger partial charge is 0.270 e. The fourth-order valence-corrected chi connectivity index (χ4v) is 1.55. The summed E-state index contributed by atoms with van der Waals surface area (Å²) in [5.74, 6) is -0.142. The second kappa shape index (κ2) is 5.72. The second-order valence-corrected chi connectivity index (χ2v) is 3.84. The molecule has 0 aliphatic carbocycles. The summed E-state index contributed by atoms with van der Waals surface area (Å²) in [4.78, 5) is 15.2. The topological polar surface area (TPSA) is 62.2 Å². The third-order valence-electron chi connectivity index (χ3n) is 1.75. The molecule has 0 saturated carbocycles. The number of carbonyl (C=O) groups excluding carboxylic acids is 1. The maximum Gasteiger partial charge on any atom is 0.270 e. The van der Waals surface area contributed by atoms with E-state index in [2.05, 4.69) is 10.3 Å². The van der Waals surface area contributed by atoms with Crippen LogP contribution in [0.15, 0.2) is 10.9 Å². The minimum absolute atomic E-state index is 0.142. The number of amides is 1. The van der Waals surface area contributed by atoms with Crippen LogP contribution in [0.5, 0.6) is 0 Å². The SMILES string of the molecule is CC(O)CCCNC(=O)c1cscn1. The van der Waals surface area contributed by atoms with E-state index >= 15 is 0 Å². The van der Waals surface area contributed by atoms with Crippen LogP contribution >= 0.6 is 11.3 Å². The molecule has 0 aliphatic rings. The Kier molecular flexibility index (Phi) is 4.55. The van der Waals surface area contributed by atoms with E-state index in [0.29, 0.717) is 18.7 Å². The van der Waals surface area contributed by atoms with Gasteiger partial charge in [-0.25, -0.2) is 4.98 Å². The van der Waals surface area contributed by atoms with Gasteiger partial charge in [0.15, 0.2) is 0 Å². The molecule has 0 radical (unpaired) electrons. The third-order valence-corrected chi connectivity index (χ3v) is 2.34. The summed E-state index contributed by atoms with van der Waals surface area (Å²) >= 11 is 1.40. The van der Waals surface area contributed by atoms with E-state index in [4.69, 9.17) is 5.11 Å². The molecule has 2 N–H and O–H groups in total. The highest BCUT2D eigenvalue weighted by Crippen LogP contribution is 2.00. The molecule has 78 valence electrons. The highest BCUT2D eigenvalue weighted by molar-refractivity contribution is 7.07. The Hall–Kier alpha value is -0.940. The third kappa shape index (κ3) is 3.85. The van der Waals surface area contributed by atoms with E-state index < -0.39 is 0 Å². The van der Waals surface area contributed by atoms with Gasteiger partial charge in [0, 0.05) is 11.9 Å². The van der Waals surface area contributed by atoms with Gasteiger partial charge in [-0.1, -0.05) is 0 Å². The molecule has 0 saturated heterocycles. The van der Waals surface area contributed by atoms with Crippen LogP contribution < -0.4 is 5.32 Å². The Labute approximate surface area is 87.0 Å². The molecule has 0 aromatic carbocycles. The maximum absolute atomic E-state index is 11.3. The van der Waals surface area contributed by atoms with Crippen LogP contribution in [-0.2, 0) is 0 Å². The number of rotatable bonds is 5. The first-order valence-corrected chi connectivity index (χ1v) is 5.49. The van der Waals surface area contributed by atoms with Crippen LogP contribution in [0.1, 0.15) is 30.3 Å². The molecule has 1 atom stereocenters. The van der Waals surface area contributed by atoms with Crippen LogP contribution in [-0.4, -0.2) is 28.6 Å². The Morgan fingerprint density at radius 1 is 1.79 bits per heavy atom. The van der Waals surface area contributed by atoms with Gasteiger partial charge in [0.05, 0.1) is 11.6 Å². The summed E-state index contributed by atoms with van der Waals surface area (Å²) in [6.07, 6.45) is 1.19. The number of nitrogens with zero attached hydrogens (tertiary/aromatic N) is 1. The summed E-state index contributed by atoms with van der Waals surface area (Å²) in [5.41, 5.74) is 2.09. The molecule has 1 unspecified atom stereocenters. The first kappa shape index (κ1) is 11.1. The quantitative estimate of drug-likeness (QED) is 0.720. The van der Waals surface area contributed by atoms with Gasteiger partial charge in [0.25, 0.3) is 5.91 Å². The molecule has 0 bridgehead atoms. The van der Waals surface area contributed by atoms with Crippen molar-refractivity contribution in [2.75, 3.05) is 6.54 Å². The van der Waals surface area contributed by atoms with Crippen LogP contribution in [0.4, 0.5) is 0 Å². The van der Waals surface area contributed by atoms with Gasteiger partial charge >= 0.3 is 0 Å². The van der Waals surface area contributed by atoms with Gasteiger partial charge in [-0.3, -0.25) is 4.79 Å². The molecule has 14 heavy (non-hydrogen) atoms. The van der Waals surface area contributed by atoms with Crippen LogP contribution in [0, 0.1) is 0 Å². The molecule has 0 fully saturated rings. The molecule has 1 heterocycles. The Morgan fingerprint density at radius 2 is 2.57 bits per heavy atom. The van der Waals surface area contributed by atoms with Gasteiger partial charge in [-0.2, -0.15) is 0 Å². The first-order valence-electron chi connectivity index (χ1n) is 4.54. The lowest BCUT2D eigenvalue weighted by molar-refractivity contribution is 0.0945. The lowest BCUT2D eigenvalue weighted by Gasteiger charge is -2.04. The van der Waals surface area contributed by atoms with E-state index in [-0.39, 0.29) is 12.0 Å². The lowest BCUT2D eigenvalue weighted by Crippen LogP contribution is -2.25. The van der Waals surface area contributed by atoms with Gasteiger partial charge in [-0.05, 0) is 19.8 Å². The fraction of sp³-hybridized carbons (Fsp3) is 0.556. The van der Waals surface area contributed by atoms with Gasteiger partial charge in [0.2, 0.25) is 0 Å². The van der Waals surface area contributed by atoms with E-state index in [9.17, 15) is 4.79 Å². The summed E-state index contributed by atoms with van der Waals surface area (Å²) in [5, 5.41) is 13.4. The minimum Gasteiger partial charge on any atom is -0.393 e. The number of aromatic nitrogens is 1. The van der Waals surface area contributed by atoms with Crippen molar-refractivity contribution in [1.82, 2.24) is 10.3 Å². The molecule has 0 aliphatic heterocycles. The van der Waals surface area contributed by atoms with Crippen LogP contribution in [0.25, 0.3) is 0 Å². The Bertz CT molecular complexity index is 272. The molecule has 5 heteroatoms. The Balaban J connectivity index is 2.16. The van der Waals surface area contributed by atoms with Crippen LogP contribution in [0.3, 0.4) is 0 Å². The van der Waals surface area contributed by atoms with Crippen molar-refractivity contribution in [3.8, 4) is 0 Å². The number of hydrogen-bond donors (Lipinski definition) is 2. The van der Waals surface area contributed by atoms with Gasteiger partial charge < -0.3 is 10.4 Å². The molecular formula is C9H14N2O2S. The lowest BCUT2D eigenvalue weighted by atomic mass is 10.2. The van der Waals surface area contributed by atoms with Crippen molar-refractivity contribution < 1.29 is 9.90 Å². The van der Waals surface area contributed by atoms with Crippen molar-refractivity contribution >= 4 is 17.2 Å². The van der Waals surface area contributed by atoms with Crippen molar-refractivity contribution in [1.29, 1.82) is 0 Å². The first-order chi connectivity index (χ1) is 6.70. The molecule has 0 spiro atoms. The number of aliphatic hydroxyl groups excluding tert-OH is 1. The Morgan fingerprint density at radius 3 is 3.14 bits per heavy atom. The van der Waals surface area contributed by atoms with Crippen LogP contribution in [0.2, 0.25) is 0 Å². The van der Waals surface area contributed by atoms with E-state index in [1.807, 2.05) is 0 Å². The van der Waals surface area contributed by atoms with E-state index in [1.54, 1.807) is 17.8 Å². The summed E-state index contributed by atoms with van der Waals surface area (Å²) in [7, 11) is 0. The second-order valence-electron chi connectivity index (χ2n) is 3.12. The normalized spacial score (nSPS) is 12.4. The zero-order valence-electron chi connectivity index (χ0n) is 8.06. The highest BCUT2D eigenvalue weighted by atomic mass is 32.1. The molecular weight excluding hydrogens is 200 g/mol. The van der Waals surface area contributed by atoms with E-state index in [0.717, 1.165) is 6.42 Å². The average molecular weight is 214 g/mol. The van der Waals surface area contributed by atoms with Gasteiger partial charge in [0.1, 0.15) is 5.69 Å². The molecule has 1 aromatic heterocycles. The zero-order valence-corrected chi connectivity index (χ0v) is 8.88. The van der Waals surface area contributed by atoms with Crippen molar-refractivity contribution in [2.45, 2.75) is 25.9 Å². The molecule has 1 rings (SSSR count). The monoisotopic (exact) mass is 214 g/mol. The summed E-state index contributed by atoms with van der Waals surface area (Å²) in [6, 6.07) is 0. The molecule has 4 nitrogen and oxygen atoms in total. The number of carbonyl (C=O) groups is 1. The van der Waals surface area contributed by atoms with Crippen molar-refractivity contribution in [2.24, 2.45) is 0 Å². The number of thiazole rings is 1. The number of aliphatic hydroxyl groups is 1.